The largest absolute Gasteiger partial charge is 0.487 e. The summed E-state index contributed by atoms with van der Waals surface area (Å²) in [6, 6.07) is 5.24. The second-order valence-electron chi connectivity index (χ2n) is 7.47. The third-order valence-corrected chi connectivity index (χ3v) is 5.97. The van der Waals surface area contributed by atoms with Crippen molar-refractivity contribution in [1.82, 2.24) is 10.2 Å². The van der Waals surface area contributed by atoms with Crippen molar-refractivity contribution in [2.45, 2.75) is 57.6 Å². The fraction of sp³-hybridized carbons (Fsp3) is 0.684. The number of hydrogen-bond donors (Lipinski definition) is 1. The Labute approximate surface area is 134 Å². The van der Waals surface area contributed by atoms with Crippen LogP contribution in [0.5, 0.6) is 5.75 Å². The van der Waals surface area contributed by atoms with Crippen molar-refractivity contribution in [2.24, 2.45) is 0 Å². The zero-order valence-corrected chi connectivity index (χ0v) is 14.0. The van der Waals surface area contributed by atoms with E-state index in [0.717, 1.165) is 31.7 Å². The van der Waals surface area contributed by atoms with Crippen LogP contribution in [0.4, 0.5) is 0 Å². The Balaban J connectivity index is 1.74. The molecule has 2 fully saturated rings. The molecule has 3 aliphatic heterocycles. The molecular weight excluding hydrogens is 272 g/mol. The van der Waals surface area contributed by atoms with Crippen LogP contribution < -0.4 is 10.1 Å². The fourth-order valence-corrected chi connectivity index (χ4v) is 4.47. The summed E-state index contributed by atoms with van der Waals surface area (Å²) < 4.78 is 6.62. The minimum Gasteiger partial charge on any atom is -0.487 e. The lowest BCUT2D eigenvalue weighted by atomic mass is 9.80. The first-order valence-corrected chi connectivity index (χ1v) is 8.92. The molecule has 0 saturated carbocycles. The monoisotopic (exact) mass is 300 g/mol. The predicted molar refractivity (Wildman–Crippen MR) is 89.5 cm³/mol. The number of nitrogens with one attached hydrogen (secondary N) is 1. The zero-order chi connectivity index (χ0) is 15.2. The van der Waals surface area contributed by atoms with E-state index >= 15 is 0 Å². The van der Waals surface area contributed by atoms with Crippen molar-refractivity contribution in [3.63, 3.8) is 0 Å². The maximum atomic E-state index is 6.62. The van der Waals surface area contributed by atoms with Crippen molar-refractivity contribution in [3.05, 3.63) is 28.8 Å². The van der Waals surface area contributed by atoms with Crippen molar-refractivity contribution in [2.75, 3.05) is 26.2 Å². The van der Waals surface area contributed by atoms with Crippen LogP contribution >= 0.6 is 0 Å². The maximum Gasteiger partial charge on any atom is 0.125 e. The van der Waals surface area contributed by atoms with E-state index in [1.54, 1.807) is 0 Å². The van der Waals surface area contributed by atoms with E-state index in [0.29, 0.717) is 6.04 Å². The van der Waals surface area contributed by atoms with Gasteiger partial charge in [-0.1, -0.05) is 6.07 Å². The molecule has 1 unspecified atom stereocenters. The van der Waals surface area contributed by atoms with Crippen molar-refractivity contribution in [3.8, 4) is 5.75 Å². The average Bonchev–Trinajstić information content (AvgIpc) is 3.03. The number of nitrogens with zero attached hydrogens (tertiary/aromatic N) is 1. The Morgan fingerprint density at radius 2 is 1.77 bits per heavy atom. The van der Waals surface area contributed by atoms with Gasteiger partial charge in [-0.25, -0.2) is 0 Å². The van der Waals surface area contributed by atoms with E-state index < -0.39 is 0 Å². The number of rotatable bonds is 1. The van der Waals surface area contributed by atoms with Gasteiger partial charge >= 0.3 is 0 Å². The molecule has 3 nitrogen and oxygen atoms in total. The van der Waals surface area contributed by atoms with Crippen molar-refractivity contribution in [1.29, 1.82) is 0 Å². The zero-order valence-electron chi connectivity index (χ0n) is 14.0. The number of likely N-dealkylation sites (tertiary alicyclic amines) is 1. The lowest BCUT2D eigenvalue weighted by molar-refractivity contribution is -0.0160. The second-order valence-corrected chi connectivity index (χ2v) is 7.47. The standard InChI is InChI=1S/C19H28N2O/c1-14-11-16-17(21-9-3-4-10-21)13-19(5-7-20-8-6-19)22-18(16)12-15(14)2/h11-12,17,20H,3-10,13H2,1-2H3. The van der Waals surface area contributed by atoms with Crippen LogP contribution in [0.1, 0.15) is 54.8 Å². The van der Waals surface area contributed by atoms with E-state index in [1.165, 1.54) is 49.0 Å². The molecule has 0 aliphatic carbocycles. The number of benzene rings is 1. The van der Waals surface area contributed by atoms with Crippen LogP contribution in [0, 0.1) is 13.8 Å². The lowest BCUT2D eigenvalue weighted by Crippen LogP contribution is -2.51. The highest BCUT2D eigenvalue weighted by atomic mass is 16.5. The van der Waals surface area contributed by atoms with Crippen LogP contribution in [0.15, 0.2) is 12.1 Å². The lowest BCUT2D eigenvalue weighted by Gasteiger charge is -2.47. The number of ether oxygens (including phenoxy) is 1. The summed E-state index contributed by atoms with van der Waals surface area (Å²) in [4.78, 5) is 2.71. The van der Waals surface area contributed by atoms with E-state index in [2.05, 4.69) is 36.2 Å². The first-order chi connectivity index (χ1) is 10.7. The van der Waals surface area contributed by atoms with Gasteiger partial charge < -0.3 is 10.1 Å². The molecule has 0 amide bonds. The molecule has 2 saturated heterocycles. The minimum absolute atomic E-state index is 0.0627. The van der Waals surface area contributed by atoms with E-state index in [9.17, 15) is 0 Å². The summed E-state index contributed by atoms with van der Waals surface area (Å²) in [6.07, 6.45) is 6.16. The van der Waals surface area contributed by atoms with Gasteiger partial charge in [-0.2, -0.15) is 0 Å². The summed E-state index contributed by atoms with van der Waals surface area (Å²) in [6.45, 7) is 9.12. The van der Waals surface area contributed by atoms with Gasteiger partial charge in [0.25, 0.3) is 0 Å². The molecular formula is C19H28N2O. The fourth-order valence-electron chi connectivity index (χ4n) is 4.47. The summed E-state index contributed by atoms with van der Waals surface area (Å²) in [5.41, 5.74) is 4.25. The predicted octanol–water partition coefficient (Wildman–Crippen LogP) is 3.35. The normalized spacial score (nSPS) is 27.6. The highest BCUT2D eigenvalue weighted by Gasteiger charge is 2.44. The molecule has 0 radical (unpaired) electrons. The number of piperidine rings is 1. The molecule has 1 aromatic rings. The molecule has 1 atom stereocenters. The van der Waals surface area contributed by atoms with E-state index in [-0.39, 0.29) is 5.60 Å². The van der Waals surface area contributed by atoms with Gasteiger partial charge in [0.2, 0.25) is 0 Å². The Bertz CT molecular complexity index is 557. The maximum absolute atomic E-state index is 6.62. The third-order valence-electron chi connectivity index (χ3n) is 5.97. The minimum atomic E-state index is 0.0627. The van der Waals surface area contributed by atoms with E-state index in [1.807, 2.05) is 0 Å². The summed E-state index contributed by atoms with van der Waals surface area (Å²) in [5.74, 6) is 1.16. The van der Waals surface area contributed by atoms with Gasteiger partial charge in [0, 0.05) is 18.0 Å². The molecule has 1 aromatic carbocycles. The topological polar surface area (TPSA) is 24.5 Å². The molecule has 0 bridgehead atoms. The van der Waals surface area contributed by atoms with Crippen LogP contribution in [0.2, 0.25) is 0 Å². The summed E-state index contributed by atoms with van der Waals surface area (Å²) in [7, 11) is 0. The molecule has 0 aromatic heterocycles. The third kappa shape index (κ3) is 2.44. The Morgan fingerprint density at radius 1 is 1.09 bits per heavy atom. The smallest absolute Gasteiger partial charge is 0.125 e. The van der Waals surface area contributed by atoms with Crippen LogP contribution in [-0.4, -0.2) is 36.7 Å². The Hall–Kier alpha value is -1.06. The number of aryl methyl sites for hydroxylation is 2. The molecule has 1 N–H and O–H groups in total. The second kappa shape index (κ2) is 5.54. The van der Waals surface area contributed by atoms with Crippen LogP contribution in [0.3, 0.4) is 0 Å². The quantitative estimate of drug-likeness (QED) is 0.861. The van der Waals surface area contributed by atoms with Crippen molar-refractivity contribution < 1.29 is 4.74 Å². The van der Waals surface area contributed by atoms with E-state index in [4.69, 9.17) is 4.74 Å². The van der Waals surface area contributed by atoms with Gasteiger partial charge in [-0.05, 0) is 82.9 Å². The molecule has 4 rings (SSSR count). The van der Waals surface area contributed by atoms with Gasteiger partial charge in [0.05, 0.1) is 0 Å². The molecule has 3 heteroatoms. The molecule has 120 valence electrons. The van der Waals surface area contributed by atoms with Crippen LogP contribution in [-0.2, 0) is 0 Å². The van der Waals surface area contributed by atoms with Crippen molar-refractivity contribution >= 4 is 0 Å². The first kappa shape index (κ1) is 14.5. The highest BCUT2D eigenvalue weighted by molar-refractivity contribution is 5.45. The SMILES string of the molecule is Cc1cc2c(cc1C)C(N1CCCC1)CC1(CCNCC1)O2. The molecule has 1 spiro atoms. The Morgan fingerprint density at radius 3 is 2.50 bits per heavy atom. The molecule has 22 heavy (non-hydrogen) atoms. The first-order valence-electron chi connectivity index (χ1n) is 8.92. The summed E-state index contributed by atoms with van der Waals surface area (Å²) in [5, 5.41) is 3.49. The average molecular weight is 300 g/mol. The number of fused-ring (bicyclic) bond motifs is 1. The van der Waals surface area contributed by atoms with Crippen LogP contribution in [0.25, 0.3) is 0 Å². The number of hydrogen-bond acceptors (Lipinski definition) is 3. The van der Waals surface area contributed by atoms with Gasteiger partial charge in [-0.15, -0.1) is 0 Å². The highest BCUT2D eigenvalue weighted by Crippen LogP contribution is 2.47. The molecule has 3 aliphatic rings. The summed E-state index contributed by atoms with van der Waals surface area (Å²) >= 11 is 0. The van der Waals surface area contributed by atoms with Gasteiger partial charge in [0.1, 0.15) is 11.4 Å². The van der Waals surface area contributed by atoms with Gasteiger partial charge in [-0.3, -0.25) is 4.90 Å². The molecule has 3 heterocycles. The van der Waals surface area contributed by atoms with Gasteiger partial charge in [0.15, 0.2) is 0 Å². The Kier molecular flexibility index (Phi) is 3.66.